The molecular weight excluding hydrogens is 346 g/mol. The molecule has 6 heteroatoms. The maximum absolute atomic E-state index is 12.4. The summed E-state index contributed by atoms with van der Waals surface area (Å²) in [5.74, 6) is -0.0721. The summed E-state index contributed by atoms with van der Waals surface area (Å²) >= 11 is 5.90. The van der Waals surface area contributed by atoms with Crippen LogP contribution in [0.15, 0.2) is 54.6 Å². The van der Waals surface area contributed by atoms with Crippen molar-refractivity contribution in [3.8, 4) is 0 Å². The quantitative estimate of drug-likeness (QED) is 0.792. The van der Waals surface area contributed by atoms with Crippen LogP contribution in [0.2, 0.25) is 5.02 Å². The van der Waals surface area contributed by atoms with Crippen molar-refractivity contribution in [2.45, 2.75) is 24.2 Å². The molecule has 0 saturated heterocycles. The largest absolute Gasteiger partial charge is 0.383 e. The van der Waals surface area contributed by atoms with E-state index in [4.69, 9.17) is 11.6 Å². The van der Waals surface area contributed by atoms with Crippen LogP contribution in [0.3, 0.4) is 0 Å². The molecule has 0 amide bonds. The van der Waals surface area contributed by atoms with Gasteiger partial charge in [0.2, 0.25) is 10.0 Å². The molecule has 0 bridgehead atoms. The molecule has 1 saturated carbocycles. The average Bonchev–Trinajstić information content (AvgIpc) is 3.38. The highest BCUT2D eigenvalue weighted by Crippen LogP contribution is 2.45. The molecule has 2 N–H and O–H groups in total. The summed E-state index contributed by atoms with van der Waals surface area (Å²) in [5.41, 5.74) is 0.200. The molecule has 0 radical (unpaired) electrons. The molecule has 3 rings (SSSR count). The molecule has 0 spiro atoms. The van der Waals surface area contributed by atoms with Gasteiger partial charge in [-0.15, -0.1) is 0 Å². The van der Waals surface area contributed by atoms with Crippen molar-refractivity contribution in [3.63, 3.8) is 0 Å². The maximum Gasteiger partial charge on any atom is 0.215 e. The van der Waals surface area contributed by atoms with E-state index < -0.39 is 15.6 Å². The van der Waals surface area contributed by atoms with Gasteiger partial charge in [0, 0.05) is 11.6 Å². The molecule has 0 aliphatic heterocycles. The fourth-order valence-electron chi connectivity index (χ4n) is 2.89. The van der Waals surface area contributed by atoms with Crippen molar-refractivity contribution in [2.24, 2.45) is 5.92 Å². The number of aliphatic hydroxyl groups is 1. The van der Waals surface area contributed by atoms with E-state index in [0.717, 1.165) is 18.4 Å². The lowest BCUT2D eigenvalue weighted by Crippen LogP contribution is -2.42. The first-order valence-corrected chi connectivity index (χ1v) is 9.92. The van der Waals surface area contributed by atoms with Gasteiger partial charge in [-0.2, -0.15) is 0 Å². The number of rotatable bonds is 7. The van der Waals surface area contributed by atoms with Crippen LogP contribution in [0.4, 0.5) is 0 Å². The van der Waals surface area contributed by atoms with E-state index in [1.165, 1.54) is 0 Å². The average molecular weight is 366 g/mol. The first kappa shape index (κ1) is 17.4. The molecule has 2 aromatic carbocycles. The van der Waals surface area contributed by atoms with Gasteiger partial charge in [-0.1, -0.05) is 54.1 Å². The molecule has 1 fully saturated rings. The van der Waals surface area contributed by atoms with E-state index in [-0.39, 0.29) is 18.2 Å². The minimum absolute atomic E-state index is 0.0232. The molecule has 2 aromatic rings. The summed E-state index contributed by atoms with van der Waals surface area (Å²) < 4.78 is 27.3. The lowest BCUT2D eigenvalue weighted by molar-refractivity contribution is 0.0185. The summed E-state index contributed by atoms with van der Waals surface area (Å²) in [5, 5.41) is 11.5. The molecule has 128 valence electrons. The van der Waals surface area contributed by atoms with E-state index in [1.807, 2.05) is 30.3 Å². The van der Waals surface area contributed by atoms with Crippen LogP contribution in [0.1, 0.15) is 24.0 Å². The highest BCUT2D eigenvalue weighted by molar-refractivity contribution is 7.88. The van der Waals surface area contributed by atoms with Crippen LogP contribution in [0.5, 0.6) is 0 Å². The van der Waals surface area contributed by atoms with E-state index in [0.29, 0.717) is 10.6 Å². The Morgan fingerprint density at radius 1 is 1.12 bits per heavy atom. The second kappa shape index (κ2) is 6.84. The van der Waals surface area contributed by atoms with Crippen LogP contribution >= 0.6 is 11.6 Å². The lowest BCUT2D eigenvalue weighted by Gasteiger charge is -2.29. The first-order chi connectivity index (χ1) is 11.4. The third kappa shape index (κ3) is 4.16. The third-order valence-electron chi connectivity index (χ3n) is 4.33. The molecule has 4 nitrogen and oxygen atoms in total. The van der Waals surface area contributed by atoms with Crippen molar-refractivity contribution in [2.75, 3.05) is 6.54 Å². The Morgan fingerprint density at radius 2 is 1.83 bits per heavy atom. The van der Waals surface area contributed by atoms with E-state index in [2.05, 4.69) is 4.72 Å². The zero-order chi connectivity index (χ0) is 17.2. The summed E-state index contributed by atoms with van der Waals surface area (Å²) in [6.07, 6.45) is 1.81. The Morgan fingerprint density at radius 3 is 2.46 bits per heavy atom. The Balaban J connectivity index is 1.72. The van der Waals surface area contributed by atoms with E-state index in [1.54, 1.807) is 24.3 Å². The fourth-order valence-corrected chi connectivity index (χ4v) is 4.26. The fraction of sp³-hybridized carbons (Fsp3) is 0.333. The Hall–Kier alpha value is -1.40. The van der Waals surface area contributed by atoms with Gasteiger partial charge in [0.1, 0.15) is 5.60 Å². The summed E-state index contributed by atoms with van der Waals surface area (Å²) in [4.78, 5) is 0. The van der Waals surface area contributed by atoms with E-state index in [9.17, 15) is 13.5 Å². The standard InChI is InChI=1S/C18H20ClNO3S/c19-17-8-4-5-14(11-17)12-24(22,23)20-13-18(21,16-9-10-16)15-6-2-1-3-7-15/h1-8,11,16,20-21H,9-10,12-13H2. The van der Waals surface area contributed by atoms with Gasteiger partial charge in [-0.25, -0.2) is 13.1 Å². The second-order valence-electron chi connectivity index (χ2n) is 6.27. The van der Waals surface area contributed by atoms with Crippen LogP contribution < -0.4 is 4.72 Å². The number of halogens is 1. The van der Waals surface area contributed by atoms with Crippen LogP contribution in [0.25, 0.3) is 0 Å². The van der Waals surface area contributed by atoms with Gasteiger partial charge in [0.15, 0.2) is 0 Å². The van der Waals surface area contributed by atoms with Crippen molar-refractivity contribution >= 4 is 21.6 Å². The van der Waals surface area contributed by atoms with Crippen LogP contribution in [-0.2, 0) is 21.4 Å². The molecular formula is C18H20ClNO3S. The first-order valence-electron chi connectivity index (χ1n) is 7.89. The van der Waals surface area contributed by atoms with Crippen molar-refractivity contribution in [1.82, 2.24) is 4.72 Å². The van der Waals surface area contributed by atoms with Gasteiger partial charge >= 0.3 is 0 Å². The van der Waals surface area contributed by atoms with Crippen molar-refractivity contribution in [3.05, 3.63) is 70.7 Å². The van der Waals surface area contributed by atoms with Gasteiger partial charge in [0.05, 0.1) is 5.75 Å². The summed E-state index contributed by atoms with van der Waals surface area (Å²) in [6, 6.07) is 16.0. The maximum atomic E-state index is 12.4. The number of benzene rings is 2. The predicted molar refractivity (Wildman–Crippen MR) is 95.1 cm³/mol. The minimum Gasteiger partial charge on any atom is -0.383 e. The number of hydrogen-bond acceptors (Lipinski definition) is 3. The van der Waals surface area contributed by atoms with Crippen LogP contribution in [-0.4, -0.2) is 20.1 Å². The number of sulfonamides is 1. The zero-order valence-corrected chi connectivity index (χ0v) is 14.7. The highest BCUT2D eigenvalue weighted by Gasteiger charge is 2.45. The van der Waals surface area contributed by atoms with Gasteiger partial charge in [0.25, 0.3) is 0 Å². The molecule has 1 unspecified atom stereocenters. The second-order valence-corrected chi connectivity index (χ2v) is 8.52. The Kier molecular flexibility index (Phi) is 4.97. The smallest absolute Gasteiger partial charge is 0.215 e. The normalized spacial score (nSPS) is 17.4. The molecule has 24 heavy (non-hydrogen) atoms. The van der Waals surface area contributed by atoms with Gasteiger partial charge in [-0.3, -0.25) is 0 Å². The Bertz CT molecular complexity index is 806. The minimum atomic E-state index is -3.57. The summed E-state index contributed by atoms with van der Waals surface area (Å²) in [6.45, 7) is -0.0232. The predicted octanol–water partition coefficient (Wildman–Crippen LogP) is 3.06. The molecule has 0 heterocycles. The topological polar surface area (TPSA) is 66.4 Å². The molecule has 0 aromatic heterocycles. The lowest BCUT2D eigenvalue weighted by atomic mass is 9.89. The number of nitrogens with one attached hydrogen (secondary N) is 1. The van der Waals surface area contributed by atoms with Crippen LogP contribution in [0, 0.1) is 5.92 Å². The Labute approximate surface area is 147 Å². The van der Waals surface area contributed by atoms with Crippen molar-refractivity contribution < 1.29 is 13.5 Å². The van der Waals surface area contributed by atoms with Gasteiger partial charge < -0.3 is 5.11 Å². The van der Waals surface area contributed by atoms with Crippen molar-refractivity contribution in [1.29, 1.82) is 0 Å². The molecule has 1 aliphatic carbocycles. The molecule has 1 atom stereocenters. The zero-order valence-electron chi connectivity index (χ0n) is 13.2. The highest BCUT2D eigenvalue weighted by atomic mass is 35.5. The van der Waals surface area contributed by atoms with E-state index >= 15 is 0 Å². The third-order valence-corrected chi connectivity index (χ3v) is 5.87. The summed E-state index contributed by atoms with van der Waals surface area (Å²) in [7, 11) is -3.57. The van der Waals surface area contributed by atoms with Gasteiger partial charge in [-0.05, 0) is 42.0 Å². The molecule has 1 aliphatic rings. The monoisotopic (exact) mass is 365 g/mol. The number of hydrogen-bond donors (Lipinski definition) is 2. The SMILES string of the molecule is O=S(=O)(Cc1cccc(Cl)c1)NCC(O)(c1ccccc1)C1CC1.